The third-order valence-corrected chi connectivity index (χ3v) is 10.1. The van der Waals surface area contributed by atoms with Crippen molar-refractivity contribution in [2.24, 2.45) is 0 Å². The number of hydrogen-bond donors (Lipinski definition) is 5. The smallest absolute Gasteiger partial charge is 0.154 e. The van der Waals surface area contributed by atoms with Gasteiger partial charge < -0.3 is 35.2 Å². The third kappa shape index (κ3) is 61.9. The topological polar surface area (TPSA) is 114 Å². The van der Waals surface area contributed by atoms with E-state index in [1.165, 1.54) is 167 Å². The molecule has 0 aromatic carbocycles. The van der Waals surface area contributed by atoms with Gasteiger partial charge in [0.1, 0.15) is 0 Å². The molecule has 0 aliphatic carbocycles. The van der Waals surface area contributed by atoms with Gasteiger partial charge in [-0.3, -0.25) is 0 Å². The van der Waals surface area contributed by atoms with Crippen LogP contribution in [0.3, 0.4) is 0 Å². The van der Waals surface area contributed by atoms with Crippen molar-refractivity contribution in [1.29, 1.82) is 0 Å². The van der Waals surface area contributed by atoms with Gasteiger partial charge in [-0.1, -0.05) is 188 Å². The molecule has 54 heavy (non-hydrogen) atoms. The molecule has 0 amide bonds. The van der Waals surface area contributed by atoms with E-state index in [4.69, 9.17) is 20.1 Å². The van der Waals surface area contributed by atoms with Crippen LogP contribution in [0, 0.1) is 29.2 Å². The maximum absolute atomic E-state index is 9.97. The molecule has 0 aromatic rings. The zero-order chi connectivity index (χ0) is 39.6. The molecule has 0 heterocycles. The zero-order valence-electron chi connectivity index (χ0n) is 36.8. The van der Waals surface area contributed by atoms with E-state index in [0.29, 0.717) is 26.4 Å². The van der Waals surface area contributed by atoms with Gasteiger partial charge in [0, 0.05) is 62.1 Å². The molecule has 1 atom stereocenters. The van der Waals surface area contributed by atoms with Gasteiger partial charge in [0.2, 0.25) is 0 Å². The Morgan fingerprint density at radius 1 is 0.352 bits per heavy atom. The summed E-state index contributed by atoms with van der Waals surface area (Å²) in [5.74, 6) is 0. The molecule has 0 aliphatic rings. The van der Waals surface area contributed by atoms with Crippen LogP contribution >= 0.6 is 0 Å². The summed E-state index contributed by atoms with van der Waals surface area (Å²) in [6, 6.07) is 0. The molecule has 7 nitrogen and oxygen atoms in total. The number of aliphatic hydroxyl groups excluding tert-OH is 5. The third-order valence-electron chi connectivity index (χ3n) is 10.1. The predicted octanol–water partition coefficient (Wildman–Crippen LogP) is 11.9. The molecule has 0 radical (unpaired) electrons. The van der Waals surface area contributed by atoms with Crippen LogP contribution in [0.15, 0.2) is 0 Å². The second-order valence-corrected chi connectivity index (χ2v) is 15.5. The molecule has 8 heteroatoms. The Hall–Kier alpha value is 0.707. The van der Waals surface area contributed by atoms with Crippen molar-refractivity contribution in [1.82, 2.24) is 4.90 Å². The van der Waals surface area contributed by atoms with Gasteiger partial charge in [-0.05, 0) is 64.5 Å². The van der Waals surface area contributed by atoms with Crippen LogP contribution < -0.4 is 0 Å². The van der Waals surface area contributed by atoms with E-state index in [0.717, 1.165) is 71.0 Å². The minimum atomic E-state index is -0.584. The Kier molecular flexibility index (Phi) is 68.6. The van der Waals surface area contributed by atoms with Crippen molar-refractivity contribution in [2.75, 3.05) is 52.7 Å². The largest absolute Gasteiger partial charge is 0.396 e. The summed E-state index contributed by atoms with van der Waals surface area (Å²) >= 11 is 0. The van der Waals surface area contributed by atoms with Gasteiger partial charge in [0.25, 0.3) is 0 Å². The Bertz CT molecular complexity index is 559. The standard InChI is InChI=1S/C28H59NO4.2C9H20O.Pu/c1-2-3-4-5-9-15-20-27-33-28(32)21-16-11-10-13-18-23-29(24-26-31)22-17-12-7-6-8-14-19-25-30;2*1-2-3-4-5-6-7-8-9-10;/h28,30-32H,2-27H2,1H3;2*10H,2-9H2,1H3;. The fourth-order valence-electron chi connectivity index (χ4n) is 6.49. The first-order chi connectivity index (χ1) is 26.1. The Labute approximate surface area is 360 Å². The fraction of sp³-hybridized carbons (Fsp3) is 1.00. The van der Waals surface area contributed by atoms with Gasteiger partial charge in [-0.25, -0.2) is 0 Å². The minimum Gasteiger partial charge on any atom is -0.396 e. The van der Waals surface area contributed by atoms with Crippen LogP contribution in [0.2, 0.25) is 0 Å². The van der Waals surface area contributed by atoms with Crippen LogP contribution in [-0.2, 0) is 4.74 Å². The Morgan fingerprint density at radius 3 is 0.981 bits per heavy atom. The van der Waals surface area contributed by atoms with E-state index in [2.05, 4.69) is 25.7 Å². The molecular weight excluding hydrogens is 907 g/mol. The quantitative estimate of drug-likeness (QED) is 0.0306. The van der Waals surface area contributed by atoms with E-state index in [-0.39, 0.29) is 35.8 Å². The maximum atomic E-state index is 9.97. The molecule has 5 N–H and O–H groups in total. The van der Waals surface area contributed by atoms with Crippen LogP contribution in [-0.4, -0.2) is 89.4 Å². The number of nitrogens with zero attached hydrogens (tertiary/aromatic N) is 1. The Morgan fingerprint density at radius 2 is 0.648 bits per heavy atom. The van der Waals surface area contributed by atoms with Gasteiger partial charge >= 0.3 is 0 Å². The summed E-state index contributed by atoms with van der Waals surface area (Å²) in [6.45, 7) is 11.7. The predicted molar refractivity (Wildman–Crippen MR) is 231 cm³/mol. The summed E-state index contributed by atoms with van der Waals surface area (Å²) in [4.78, 5) is 2.41. The van der Waals surface area contributed by atoms with Crippen molar-refractivity contribution in [3.8, 4) is 0 Å². The summed E-state index contributed by atoms with van der Waals surface area (Å²) in [5, 5.41) is 45.0. The number of aliphatic hydroxyl groups is 5. The molecule has 0 aromatic heterocycles. The van der Waals surface area contributed by atoms with E-state index in [1.54, 1.807) is 0 Å². The number of ether oxygens (including phenoxy) is 1. The van der Waals surface area contributed by atoms with Gasteiger partial charge in [-0.2, -0.15) is 0 Å². The molecule has 0 spiro atoms. The SMILES string of the molecule is CCCCCCCCCO.CCCCCCCCCO.CCCCCCCCCOC(O)CCCCCCCN(CCO)CCCCCCCCCO.[Pu]. The van der Waals surface area contributed by atoms with E-state index in [1.807, 2.05) is 0 Å². The van der Waals surface area contributed by atoms with Crippen molar-refractivity contribution in [3.63, 3.8) is 0 Å². The van der Waals surface area contributed by atoms with Crippen LogP contribution in [0.4, 0.5) is 0 Å². The van der Waals surface area contributed by atoms with E-state index in [9.17, 15) is 10.2 Å². The average molecular weight is 1010 g/mol. The van der Waals surface area contributed by atoms with E-state index < -0.39 is 6.29 Å². The number of hydrogen-bond acceptors (Lipinski definition) is 7. The Balaban J connectivity index is -0.000000483. The second kappa shape index (κ2) is 60.4. The molecule has 0 rings (SSSR count). The molecule has 330 valence electrons. The van der Waals surface area contributed by atoms with Crippen molar-refractivity contribution < 1.29 is 59.4 Å². The first kappa shape index (κ1) is 61.4. The van der Waals surface area contributed by atoms with Gasteiger partial charge in [0.05, 0.1) is 6.61 Å². The summed E-state index contributed by atoms with van der Waals surface area (Å²) < 4.78 is 5.55. The minimum absolute atomic E-state index is 0. The molecule has 0 saturated carbocycles. The zero-order valence-corrected chi connectivity index (χ0v) is 40.2. The normalized spacial score (nSPS) is 11.5. The summed E-state index contributed by atoms with van der Waals surface area (Å²) in [5.41, 5.74) is 0. The number of unbranched alkanes of at least 4 members (excludes halogenated alkanes) is 28. The first-order valence-electron chi connectivity index (χ1n) is 23.5. The maximum Gasteiger partial charge on any atom is 0.154 e. The van der Waals surface area contributed by atoms with Crippen LogP contribution in [0.25, 0.3) is 0 Å². The summed E-state index contributed by atoms with van der Waals surface area (Å²) in [7, 11) is 0. The molecule has 0 bridgehead atoms. The second-order valence-electron chi connectivity index (χ2n) is 15.5. The molecule has 0 aliphatic heterocycles. The van der Waals surface area contributed by atoms with Gasteiger partial charge in [-0.15, -0.1) is 0 Å². The summed E-state index contributed by atoms with van der Waals surface area (Å²) in [6.07, 6.45) is 41.2. The monoisotopic (exact) mass is 1000 g/mol. The van der Waals surface area contributed by atoms with Crippen molar-refractivity contribution >= 4 is 0 Å². The molecule has 0 saturated heterocycles. The van der Waals surface area contributed by atoms with Crippen molar-refractivity contribution in [2.45, 2.75) is 245 Å². The fourth-order valence-corrected chi connectivity index (χ4v) is 6.49. The van der Waals surface area contributed by atoms with E-state index >= 15 is 0 Å². The molecule has 1 unspecified atom stereocenters. The first-order valence-corrected chi connectivity index (χ1v) is 23.5. The van der Waals surface area contributed by atoms with Crippen LogP contribution in [0.1, 0.15) is 239 Å². The number of rotatable bonds is 42. The van der Waals surface area contributed by atoms with Gasteiger partial charge in [0.15, 0.2) is 6.29 Å². The van der Waals surface area contributed by atoms with Crippen molar-refractivity contribution in [3.05, 3.63) is 0 Å². The molecular formula is C46H99NO6Pu. The molecule has 0 fully saturated rings. The average Bonchev–Trinajstić information content (AvgIpc) is 3.16. The van der Waals surface area contributed by atoms with Crippen LogP contribution in [0.5, 0.6) is 0 Å².